The third-order valence-electron chi connectivity index (χ3n) is 2.70. The molecule has 0 heterocycles. The van der Waals surface area contributed by atoms with E-state index in [1.807, 2.05) is 0 Å². The van der Waals surface area contributed by atoms with E-state index in [9.17, 15) is 4.39 Å². The van der Waals surface area contributed by atoms with Crippen LogP contribution in [-0.2, 0) is 11.3 Å². The van der Waals surface area contributed by atoms with Crippen LogP contribution in [0.15, 0.2) is 18.2 Å². The van der Waals surface area contributed by atoms with E-state index in [2.05, 4.69) is 19.2 Å². The Hall–Kier alpha value is -0.640. The lowest BCUT2D eigenvalue weighted by atomic mass is 10.0. The fraction of sp³-hybridized carbons (Fsp3) is 0.538. The summed E-state index contributed by atoms with van der Waals surface area (Å²) < 4.78 is 18.1. The maximum Gasteiger partial charge on any atom is 0.141 e. The molecule has 0 radical (unpaired) electrons. The van der Waals surface area contributed by atoms with Crippen LogP contribution in [0.5, 0.6) is 0 Å². The standard InChI is InChI=1S/C13H19ClFNO/c1-9(2)13(8-17-3)16-7-10-4-5-12(15)11(14)6-10/h4-6,9,13,16H,7-8H2,1-3H3. The number of benzene rings is 1. The molecule has 2 nitrogen and oxygen atoms in total. The van der Waals surface area contributed by atoms with Gasteiger partial charge in [-0.05, 0) is 23.6 Å². The van der Waals surface area contributed by atoms with E-state index in [4.69, 9.17) is 16.3 Å². The fourth-order valence-electron chi connectivity index (χ4n) is 1.57. The van der Waals surface area contributed by atoms with Crippen LogP contribution in [0.3, 0.4) is 0 Å². The predicted octanol–water partition coefficient (Wildman–Crippen LogP) is 3.24. The van der Waals surface area contributed by atoms with Gasteiger partial charge in [-0.25, -0.2) is 4.39 Å². The second kappa shape index (κ2) is 6.94. The molecule has 0 aromatic heterocycles. The van der Waals surface area contributed by atoms with Crippen LogP contribution in [0.25, 0.3) is 0 Å². The van der Waals surface area contributed by atoms with Gasteiger partial charge in [-0.3, -0.25) is 0 Å². The Kier molecular flexibility index (Phi) is 5.89. The van der Waals surface area contributed by atoms with Crippen LogP contribution < -0.4 is 5.32 Å². The first-order valence-electron chi connectivity index (χ1n) is 5.70. The highest BCUT2D eigenvalue weighted by Gasteiger charge is 2.12. The first-order chi connectivity index (χ1) is 8.04. The fourth-order valence-corrected chi connectivity index (χ4v) is 1.77. The van der Waals surface area contributed by atoms with Crippen LogP contribution in [0, 0.1) is 11.7 Å². The molecule has 1 atom stereocenters. The van der Waals surface area contributed by atoms with Gasteiger partial charge in [0.05, 0.1) is 11.6 Å². The van der Waals surface area contributed by atoms with Crippen molar-refractivity contribution in [3.63, 3.8) is 0 Å². The quantitative estimate of drug-likeness (QED) is 0.847. The molecule has 96 valence electrons. The summed E-state index contributed by atoms with van der Waals surface area (Å²) in [7, 11) is 1.69. The molecular formula is C13H19ClFNO. The van der Waals surface area contributed by atoms with E-state index in [0.29, 0.717) is 19.1 Å². The van der Waals surface area contributed by atoms with Crippen molar-refractivity contribution in [3.05, 3.63) is 34.6 Å². The van der Waals surface area contributed by atoms with E-state index in [1.165, 1.54) is 6.07 Å². The Labute approximate surface area is 107 Å². The number of halogens is 2. The van der Waals surface area contributed by atoms with Crippen molar-refractivity contribution in [1.29, 1.82) is 0 Å². The smallest absolute Gasteiger partial charge is 0.141 e. The molecule has 0 spiro atoms. The zero-order valence-electron chi connectivity index (χ0n) is 10.5. The average Bonchev–Trinajstić information content (AvgIpc) is 2.28. The number of ether oxygens (including phenoxy) is 1. The lowest BCUT2D eigenvalue weighted by Crippen LogP contribution is -2.37. The van der Waals surface area contributed by atoms with Gasteiger partial charge in [0.15, 0.2) is 0 Å². The third kappa shape index (κ3) is 4.62. The molecule has 0 fully saturated rings. The molecule has 17 heavy (non-hydrogen) atoms. The van der Waals surface area contributed by atoms with Crippen LogP contribution in [0.1, 0.15) is 19.4 Å². The topological polar surface area (TPSA) is 21.3 Å². The molecule has 1 N–H and O–H groups in total. The molecule has 0 aliphatic carbocycles. The Morgan fingerprint density at radius 1 is 1.41 bits per heavy atom. The largest absolute Gasteiger partial charge is 0.383 e. The van der Waals surface area contributed by atoms with Crippen molar-refractivity contribution in [2.45, 2.75) is 26.4 Å². The Morgan fingerprint density at radius 2 is 2.12 bits per heavy atom. The third-order valence-corrected chi connectivity index (χ3v) is 2.99. The minimum absolute atomic E-state index is 0.164. The first kappa shape index (κ1) is 14.4. The number of hydrogen-bond acceptors (Lipinski definition) is 2. The monoisotopic (exact) mass is 259 g/mol. The predicted molar refractivity (Wildman–Crippen MR) is 68.8 cm³/mol. The summed E-state index contributed by atoms with van der Waals surface area (Å²) in [5.74, 6) is 0.0959. The molecule has 0 aliphatic rings. The Balaban J connectivity index is 2.56. The van der Waals surface area contributed by atoms with Crippen molar-refractivity contribution >= 4 is 11.6 Å². The van der Waals surface area contributed by atoms with E-state index < -0.39 is 0 Å². The number of hydrogen-bond donors (Lipinski definition) is 1. The number of rotatable bonds is 6. The number of nitrogens with one attached hydrogen (secondary N) is 1. The van der Waals surface area contributed by atoms with Gasteiger partial charge < -0.3 is 10.1 Å². The van der Waals surface area contributed by atoms with Gasteiger partial charge in [0.2, 0.25) is 0 Å². The van der Waals surface area contributed by atoms with Crippen LogP contribution in [0.2, 0.25) is 5.02 Å². The molecule has 1 rings (SSSR count). The number of methoxy groups -OCH3 is 1. The molecule has 1 unspecified atom stereocenters. The molecule has 4 heteroatoms. The molecule has 0 amide bonds. The van der Waals surface area contributed by atoms with Crippen molar-refractivity contribution in [2.24, 2.45) is 5.92 Å². The molecule has 0 saturated heterocycles. The molecule has 0 saturated carbocycles. The molecule has 0 bridgehead atoms. The highest BCUT2D eigenvalue weighted by Crippen LogP contribution is 2.16. The summed E-state index contributed by atoms with van der Waals surface area (Å²) in [6.45, 7) is 5.58. The van der Waals surface area contributed by atoms with Crippen molar-refractivity contribution in [3.8, 4) is 0 Å². The van der Waals surface area contributed by atoms with Gasteiger partial charge in [-0.1, -0.05) is 31.5 Å². The molecular weight excluding hydrogens is 241 g/mol. The second-order valence-electron chi connectivity index (χ2n) is 4.44. The van der Waals surface area contributed by atoms with Crippen molar-refractivity contribution in [1.82, 2.24) is 5.32 Å². The highest BCUT2D eigenvalue weighted by molar-refractivity contribution is 6.30. The van der Waals surface area contributed by atoms with Gasteiger partial charge in [0.25, 0.3) is 0 Å². The van der Waals surface area contributed by atoms with Crippen LogP contribution in [-0.4, -0.2) is 19.8 Å². The first-order valence-corrected chi connectivity index (χ1v) is 6.08. The summed E-state index contributed by atoms with van der Waals surface area (Å²) in [4.78, 5) is 0. The van der Waals surface area contributed by atoms with Gasteiger partial charge >= 0.3 is 0 Å². The van der Waals surface area contributed by atoms with E-state index in [1.54, 1.807) is 19.2 Å². The zero-order chi connectivity index (χ0) is 12.8. The zero-order valence-corrected chi connectivity index (χ0v) is 11.2. The van der Waals surface area contributed by atoms with E-state index in [0.717, 1.165) is 5.56 Å². The van der Waals surface area contributed by atoms with E-state index >= 15 is 0 Å². The van der Waals surface area contributed by atoms with Gasteiger partial charge in [0.1, 0.15) is 5.82 Å². The minimum Gasteiger partial charge on any atom is -0.383 e. The van der Waals surface area contributed by atoms with Crippen LogP contribution in [0.4, 0.5) is 4.39 Å². The summed E-state index contributed by atoms with van der Waals surface area (Å²) in [5.41, 5.74) is 0.971. The maximum atomic E-state index is 13.0. The van der Waals surface area contributed by atoms with Crippen molar-refractivity contribution in [2.75, 3.05) is 13.7 Å². The normalized spacial score (nSPS) is 13.1. The summed E-state index contributed by atoms with van der Waals surface area (Å²) in [6.07, 6.45) is 0. The molecule has 0 aliphatic heterocycles. The lowest BCUT2D eigenvalue weighted by molar-refractivity contribution is 0.146. The summed E-state index contributed by atoms with van der Waals surface area (Å²) in [6, 6.07) is 5.05. The van der Waals surface area contributed by atoms with Gasteiger partial charge in [-0.2, -0.15) is 0 Å². The highest BCUT2D eigenvalue weighted by atomic mass is 35.5. The summed E-state index contributed by atoms with van der Waals surface area (Å²) in [5, 5.41) is 3.54. The SMILES string of the molecule is COCC(NCc1ccc(F)c(Cl)c1)C(C)C. The molecule has 1 aromatic carbocycles. The lowest BCUT2D eigenvalue weighted by Gasteiger charge is -2.21. The Morgan fingerprint density at radius 3 is 2.65 bits per heavy atom. The van der Waals surface area contributed by atoms with Gasteiger partial charge in [-0.15, -0.1) is 0 Å². The Bertz CT molecular complexity index is 357. The molecule has 1 aromatic rings. The van der Waals surface area contributed by atoms with Gasteiger partial charge in [0, 0.05) is 19.7 Å². The van der Waals surface area contributed by atoms with E-state index in [-0.39, 0.29) is 16.9 Å². The van der Waals surface area contributed by atoms with Crippen LogP contribution >= 0.6 is 11.6 Å². The second-order valence-corrected chi connectivity index (χ2v) is 4.84. The minimum atomic E-state index is -0.382. The summed E-state index contributed by atoms with van der Waals surface area (Å²) >= 11 is 5.73. The maximum absolute atomic E-state index is 13.0. The van der Waals surface area contributed by atoms with Crippen molar-refractivity contribution < 1.29 is 9.13 Å². The average molecular weight is 260 g/mol.